The average molecular weight is 407 g/mol. The summed E-state index contributed by atoms with van der Waals surface area (Å²) < 4.78 is 0.638. The van der Waals surface area contributed by atoms with Gasteiger partial charge in [0, 0.05) is 30.5 Å². The van der Waals surface area contributed by atoms with Crippen LogP contribution in [0.25, 0.3) is 0 Å². The summed E-state index contributed by atoms with van der Waals surface area (Å²) in [7, 11) is 0. The zero-order valence-electron chi connectivity index (χ0n) is 14.4. The van der Waals surface area contributed by atoms with Crippen molar-refractivity contribution in [1.29, 1.82) is 0 Å². The normalized spacial score (nSPS) is 10.7. The summed E-state index contributed by atoms with van der Waals surface area (Å²) in [6, 6.07) is 7.18. The smallest absolute Gasteiger partial charge is 0.251 e. The Morgan fingerprint density at radius 1 is 1.32 bits per heavy atom. The molecule has 0 atom stereocenters. The molecule has 2 aromatic rings. The van der Waals surface area contributed by atoms with E-state index in [4.69, 9.17) is 5.73 Å². The molecule has 2 rings (SSSR count). The Balaban J connectivity index is 1.97. The largest absolute Gasteiger partial charge is 0.383 e. The third-order valence-electron chi connectivity index (χ3n) is 3.76. The number of benzene rings is 1. The molecule has 0 aliphatic rings. The Bertz CT molecular complexity index is 720. The highest BCUT2D eigenvalue weighted by Gasteiger charge is 2.08. The molecule has 1 aromatic heterocycles. The second-order valence-electron chi connectivity index (χ2n) is 5.42. The predicted octanol–water partition coefficient (Wildman–Crippen LogP) is 2.64. The fourth-order valence-corrected chi connectivity index (χ4v) is 2.47. The van der Waals surface area contributed by atoms with Gasteiger partial charge >= 0.3 is 0 Å². The van der Waals surface area contributed by atoms with Gasteiger partial charge in [-0.05, 0) is 47.2 Å². The number of nitrogens with zero attached hydrogens (tertiary/aromatic N) is 3. The molecule has 1 aromatic carbocycles. The summed E-state index contributed by atoms with van der Waals surface area (Å²) in [6.45, 7) is 7.62. The van der Waals surface area contributed by atoms with Crippen molar-refractivity contribution in [2.45, 2.75) is 13.8 Å². The van der Waals surface area contributed by atoms with E-state index in [1.165, 1.54) is 0 Å². The molecule has 0 bridgehead atoms. The molecule has 0 aliphatic heterocycles. The number of nitrogens with one attached hydrogen (secondary N) is 2. The van der Waals surface area contributed by atoms with Crippen LogP contribution in [-0.2, 0) is 0 Å². The minimum absolute atomic E-state index is 0.105. The van der Waals surface area contributed by atoms with Gasteiger partial charge in [-0.1, -0.05) is 19.9 Å². The van der Waals surface area contributed by atoms with Gasteiger partial charge in [0.1, 0.15) is 5.82 Å². The number of halogens is 1. The van der Waals surface area contributed by atoms with Crippen LogP contribution in [0.3, 0.4) is 0 Å². The number of aromatic nitrogens is 2. The molecule has 25 heavy (non-hydrogen) atoms. The predicted molar refractivity (Wildman–Crippen MR) is 104 cm³/mol. The van der Waals surface area contributed by atoms with Crippen LogP contribution >= 0.6 is 15.9 Å². The number of nitrogen functional groups attached to an aromatic ring is 1. The van der Waals surface area contributed by atoms with E-state index in [-0.39, 0.29) is 5.91 Å². The summed E-state index contributed by atoms with van der Waals surface area (Å²) in [5.41, 5.74) is 7.05. The first kappa shape index (κ1) is 19.1. The van der Waals surface area contributed by atoms with Crippen molar-refractivity contribution in [3.63, 3.8) is 0 Å². The number of likely N-dealkylation sites (N-methyl/N-ethyl adjacent to an activating group) is 1. The average Bonchev–Trinajstić information content (AvgIpc) is 2.62. The van der Waals surface area contributed by atoms with Crippen LogP contribution in [0.4, 0.5) is 17.5 Å². The van der Waals surface area contributed by atoms with Crippen LogP contribution in [0.2, 0.25) is 0 Å². The maximum absolute atomic E-state index is 12.3. The summed E-state index contributed by atoms with van der Waals surface area (Å²) >= 11 is 3.26. The Morgan fingerprint density at radius 3 is 2.76 bits per heavy atom. The van der Waals surface area contributed by atoms with Gasteiger partial charge < -0.3 is 21.3 Å². The molecule has 0 aliphatic carbocycles. The van der Waals surface area contributed by atoms with E-state index < -0.39 is 0 Å². The van der Waals surface area contributed by atoms with E-state index in [9.17, 15) is 4.79 Å². The van der Waals surface area contributed by atoms with Gasteiger partial charge in [-0.3, -0.25) is 4.79 Å². The number of hydrogen-bond donors (Lipinski definition) is 3. The van der Waals surface area contributed by atoms with E-state index in [2.05, 4.69) is 55.3 Å². The van der Waals surface area contributed by atoms with Gasteiger partial charge in [-0.25, -0.2) is 4.98 Å². The van der Waals surface area contributed by atoms with E-state index in [0.29, 0.717) is 28.3 Å². The first-order valence-electron chi connectivity index (χ1n) is 8.19. The van der Waals surface area contributed by atoms with Crippen LogP contribution < -0.4 is 16.4 Å². The van der Waals surface area contributed by atoms with E-state index in [1.807, 2.05) is 12.1 Å². The molecule has 0 saturated heterocycles. The summed E-state index contributed by atoms with van der Waals surface area (Å²) in [5.74, 6) is 0.620. The molecule has 8 heteroatoms. The van der Waals surface area contributed by atoms with Crippen molar-refractivity contribution in [2.24, 2.45) is 0 Å². The van der Waals surface area contributed by atoms with Crippen molar-refractivity contribution in [3.05, 3.63) is 40.5 Å². The molecule has 134 valence electrons. The number of carbonyl (C=O) groups is 1. The highest BCUT2D eigenvalue weighted by molar-refractivity contribution is 9.10. The monoisotopic (exact) mass is 406 g/mol. The maximum atomic E-state index is 12.3. The summed E-state index contributed by atoms with van der Waals surface area (Å²) in [6.07, 6.45) is 1.58. The quantitative estimate of drug-likeness (QED) is 0.623. The lowest BCUT2D eigenvalue weighted by molar-refractivity contribution is 0.0949. The zero-order chi connectivity index (χ0) is 18.2. The second-order valence-corrected chi connectivity index (χ2v) is 6.27. The van der Waals surface area contributed by atoms with Gasteiger partial charge in [0.25, 0.3) is 5.91 Å². The lowest BCUT2D eigenvalue weighted by Crippen LogP contribution is -2.34. The van der Waals surface area contributed by atoms with Crippen LogP contribution in [0.15, 0.2) is 34.9 Å². The molecule has 0 fully saturated rings. The van der Waals surface area contributed by atoms with E-state index >= 15 is 0 Å². The van der Waals surface area contributed by atoms with Gasteiger partial charge in [0.05, 0.1) is 4.47 Å². The molecule has 1 heterocycles. The number of amides is 1. The Labute approximate surface area is 156 Å². The molecule has 4 N–H and O–H groups in total. The number of hydrogen-bond acceptors (Lipinski definition) is 6. The topological polar surface area (TPSA) is 96.2 Å². The highest BCUT2D eigenvalue weighted by atomic mass is 79.9. The molecule has 0 radical (unpaired) electrons. The lowest BCUT2D eigenvalue weighted by atomic mass is 10.2. The number of carbonyl (C=O) groups excluding carboxylic acids is 1. The van der Waals surface area contributed by atoms with Crippen LogP contribution in [0.5, 0.6) is 0 Å². The van der Waals surface area contributed by atoms with Crippen molar-refractivity contribution in [1.82, 2.24) is 20.2 Å². The number of anilines is 3. The first-order valence-corrected chi connectivity index (χ1v) is 8.98. The molecule has 0 saturated carbocycles. The minimum atomic E-state index is -0.105. The molecule has 0 unspecified atom stereocenters. The fourth-order valence-electron chi connectivity index (χ4n) is 2.28. The standard InChI is InChI=1S/C17H23BrN6O/c1-3-24(4-2)9-8-20-16(25)12-6-5-7-13(10-12)22-17-21-11-14(18)15(19)23-17/h5-7,10-11H,3-4,8-9H2,1-2H3,(H,20,25)(H3,19,21,22,23). The van der Waals surface area contributed by atoms with Crippen molar-refractivity contribution < 1.29 is 4.79 Å². The van der Waals surface area contributed by atoms with Gasteiger partial charge in [0.15, 0.2) is 0 Å². The fraction of sp³-hybridized carbons (Fsp3) is 0.353. The Kier molecular flexibility index (Phi) is 7.15. The minimum Gasteiger partial charge on any atom is -0.383 e. The lowest BCUT2D eigenvalue weighted by Gasteiger charge is -2.18. The first-order chi connectivity index (χ1) is 12.0. The molecular formula is C17H23BrN6O. The Morgan fingerprint density at radius 2 is 2.08 bits per heavy atom. The van der Waals surface area contributed by atoms with Gasteiger partial charge in [-0.15, -0.1) is 0 Å². The Hall–Kier alpha value is -2.19. The van der Waals surface area contributed by atoms with E-state index in [1.54, 1.807) is 18.3 Å². The molecule has 0 spiro atoms. The van der Waals surface area contributed by atoms with Crippen LogP contribution in [0, 0.1) is 0 Å². The van der Waals surface area contributed by atoms with Crippen molar-refractivity contribution >= 4 is 39.3 Å². The van der Waals surface area contributed by atoms with Crippen molar-refractivity contribution in [2.75, 3.05) is 37.2 Å². The number of nitrogens with two attached hydrogens (primary N) is 1. The summed E-state index contributed by atoms with van der Waals surface area (Å²) in [4.78, 5) is 22.8. The molecule has 1 amide bonds. The van der Waals surface area contributed by atoms with Gasteiger partial charge in [0.2, 0.25) is 5.95 Å². The maximum Gasteiger partial charge on any atom is 0.251 e. The third kappa shape index (κ3) is 5.68. The van der Waals surface area contributed by atoms with E-state index in [0.717, 1.165) is 25.3 Å². The molecule has 7 nitrogen and oxygen atoms in total. The summed E-state index contributed by atoms with van der Waals surface area (Å²) in [5, 5.41) is 5.99. The van der Waals surface area contributed by atoms with Gasteiger partial charge in [-0.2, -0.15) is 4.98 Å². The highest BCUT2D eigenvalue weighted by Crippen LogP contribution is 2.19. The van der Waals surface area contributed by atoms with Crippen LogP contribution in [0.1, 0.15) is 24.2 Å². The zero-order valence-corrected chi connectivity index (χ0v) is 16.0. The SMILES string of the molecule is CCN(CC)CCNC(=O)c1cccc(Nc2ncc(Br)c(N)n2)c1. The third-order valence-corrected chi connectivity index (χ3v) is 4.37. The van der Waals surface area contributed by atoms with Crippen LogP contribution in [-0.4, -0.2) is 47.0 Å². The second kappa shape index (κ2) is 9.33. The molecular weight excluding hydrogens is 384 g/mol. The number of rotatable bonds is 8. The van der Waals surface area contributed by atoms with Crippen molar-refractivity contribution in [3.8, 4) is 0 Å².